The Labute approximate surface area is 118 Å². The quantitative estimate of drug-likeness (QED) is 0.872. The maximum atomic E-state index is 13.2. The van der Waals surface area contributed by atoms with Crippen LogP contribution >= 0.6 is 0 Å². The van der Waals surface area contributed by atoms with Gasteiger partial charge in [0.1, 0.15) is 0 Å². The second-order valence-corrected chi connectivity index (χ2v) is 7.05. The van der Waals surface area contributed by atoms with Crippen molar-refractivity contribution in [3.63, 3.8) is 0 Å². The fourth-order valence-electron chi connectivity index (χ4n) is 2.35. The maximum absolute atomic E-state index is 13.2. The molecule has 1 aliphatic heterocycles. The Kier molecular flexibility index (Phi) is 4.62. The number of nitrogens with zero attached hydrogens (tertiary/aromatic N) is 1. The number of hydrogen-bond donors (Lipinski definition) is 2. The average molecular weight is 302 g/mol. The molecule has 1 aliphatic rings. The Morgan fingerprint density at radius 2 is 2.05 bits per heavy atom. The largest absolute Gasteiger partial charge is 0.505 e. The fourth-order valence-corrected chi connectivity index (χ4v) is 3.22. The van der Waals surface area contributed by atoms with Crippen molar-refractivity contribution < 1.29 is 17.9 Å². The first-order valence-electron chi connectivity index (χ1n) is 6.53. The zero-order valence-corrected chi connectivity index (χ0v) is 12.2. The summed E-state index contributed by atoms with van der Waals surface area (Å²) in [4.78, 5) is 0. The summed E-state index contributed by atoms with van der Waals surface area (Å²) in [6.45, 7) is 1.35. The normalized spacial score (nSPS) is 18.3. The van der Waals surface area contributed by atoms with Gasteiger partial charge in [-0.2, -0.15) is 0 Å². The molecule has 0 amide bonds. The highest BCUT2D eigenvalue weighted by Gasteiger charge is 2.24. The monoisotopic (exact) mass is 302 g/mol. The third kappa shape index (κ3) is 3.68. The van der Waals surface area contributed by atoms with Gasteiger partial charge in [-0.3, -0.25) is 0 Å². The average Bonchev–Trinajstić information content (AvgIpc) is 2.40. The van der Waals surface area contributed by atoms with Crippen molar-refractivity contribution in [2.75, 3.05) is 19.3 Å². The van der Waals surface area contributed by atoms with E-state index in [1.54, 1.807) is 12.1 Å². The van der Waals surface area contributed by atoms with Crippen LogP contribution in [0.3, 0.4) is 0 Å². The van der Waals surface area contributed by atoms with Gasteiger partial charge in [0.15, 0.2) is 11.6 Å². The molecule has 1 aromatic carbocycles. The van der Waals surface area contributed by atoms with Crippen molar-refractivity contribution >= 4 is 10.0 Å². The number of sulfonamides is 1. The van der Waals surface area contributed by atoms with E-state index in [1.807, 2.05) is 0 Å². The van der Waals surface area contributed by atoms with Crippen LogP contribution in [-0.2, 0) is 16.6 Å². The predicted molar refractivity (Wildman–Crippen MR) is 74.3 cm³/mol. The van der Waals surface area contributed by atoms with Crippen LogP contribution in [0.15, 0.2) is 18.2 Å². The molecule has 0 spiro atoms. The minimum Gasteiger partial charge on any atom is -0.505 e. The van der Waals surface area contributed by atoms with E-state index in [4.69, 9.17) is 0 Å². The Bertz CT molecular complexity index is 569. The number of aromatic hydroxyl groups is 1. The summed E-state index contributed by atoms with van der Waals surface area (Å²) in [6, 6.07) is 4.61. The van der Waals surface area contributed by atoms with Crippen LogP contribution in [0.5, 0.6) is 5.75 Å². The van der Waals surface area contributed by atoms with Gasteiger partial charge in [-0.15, -0.1) is 0 Å². The molecule has 112 valence electrons. The van der Waals surface area contributed by atoms with Gasteiger partial charge < -0.3 is 10.4 Å². The van der Waals surface area contributed by atoms with Gasteiger partial charge in [0.2, 0.25) is 10.0 Å². The summed E-state index contributed by atoms with van der Waals surface area (Å²) in [6.07, 6.45) is 2.64. The smallest absolute Gasteiger partial charge is 0.211 e. The molecular formula is C13H19FN2O3S. The first-order chi connectivity index (χ1) is 9.38. The molecular weight excluding hydrogens is 283 g/mol. The summed E-state index contributed by atoms with van der Waals surface area (Å²) < 4.78 is 37.4. The summed E-state index contributed by atoms with van der Waals surface area (Å²) in [5, 5.41) is 12.8. The predicted octanol–water partition coefficient (Wildman–Crippen LogP) is 1.04. The van der Waals surface area contributed by atoms with Gasteiger partial charge in [-0.05, 0) is 18.9 Å². The second kappa shape index (κ2) is 6.07. The summed E-state index contributed by atoms with van der Waals surface area (Å²) in [7, 11) is -3.11. The van der Waals surface area contributed by atoms with Crippen LogP contribution in [0.2, 0.25) is 0 Å². The lowest BCUT2D eigenvalue weighted by atomic mass is 10.1. The van der Waals surface area contributed by atoms with Gasteiger partial charge in [0.25, 0.3) is 0 Å². The number of halogens is 1. The number of phenolic OH excluding ortho intramolecular Hbond substituents is 1. The third-order valence-corrected chi connectivity index (χ3v) is 4.88. The molecule has 1 saturated heterocycles. The second-order valence-electron chi connectivity index (χ2n) is 5.06. The molecule has 1 heterocycles. The molecule has 0 bridgehead atoms. The minimum atomic E-state index is -3.11. The van der Waals surface area contributed by atoms with Crippen LogP contribution in [-0.4, -0.2) is 43.2 Å². The highest BCUT2D eigenvalue weighted by atomic mass is 32.2. The summed E-state index contributed by atoms with van der Waals surface area (Å²) >= 11 is 0. The van der Waals surface area contributed by atoms with Crippen LogP contribution in [0.1, 0.15) is 18.4 Å². The van der Waals surface area contributed by atoms with Crippen molar-refractivity contribution in [3.05, 3.63) is 29.6 Å². The molecule has 0 radical (unpaired) electrons. The topological polar surface area (TPSA) is 69.6 Å². The van der Waals surface area contributed by atoms with Crippen molar-refractivity contribution in [2.24, 2.45) is 0 Å². The van der Waals surface area contributed by atoms with Gasteiger partial charge in [0.05, 0.1) is 6.26 Å². The molecule has 0 aromatic heterocycles. The maximum Gasteiger partial charge on any atom is 0.211 e. The van der Waals surface area contributed by atoms with Crippen LogP contribution in [0.4, 0.5) is 4.39 Å². The molecule has 5 nitrogen and oxygen atoms in total. The molecule has 1 fully saturated rings. The van der Waals surface area contributed by atoms with E-state index in [-0.39, 0.29) is 11.8 Å². The van der Waals surface area contributed by atoms with E-state index in [9.17, 15) is 17.9 Å². The minimum absolute atomic E-state index is 0.177. The van der Waals surface area contributed by atoms with Gasteiger partial charge in [-0.1, -0.05) is 12.1 Å². The molecule has 7 heteroatoms. The van der Waals surface area contributed by atoms with Crippen molar-refractivity contribution in [2.45, 2.75) is 25.4 Å². The Hall–Kier alpha value is -1.18. The molecule has 0 unspecified atom stereocenters. The standard InChI is InChI=1S/C13H19FN2O3S/c1-20(18,19)16-7-5-11(6-8-16)15-9-10-3-2-4-12(14)13(10)17/h2-4,11,15,17H,5-9H2,1H3. The van der Waals surface area contributed by atoms with Gasteiger partial charge in [-0.25, -0.2) is 17.1 Å². The van der Waals surface area contributed by atoms with E-state index in [0.717, 1.165) is 0 Å². The summed E-state index contributed by atoms with van der Waals surface area (Å²) in [5.74, 6) is -0.954. The van der Waals surface area contributed by atoms with Crippen LogP contribution in [0.25, 0.3) is 0 Å². The molecule has 0 aliphatic carbocycles. The molecule has 1 aromatic rings. The molecule has 20 heavy (non-hydrogen) atoms. The van der Waals surface area contributed by atoms with E-state index in [0.29, 0.717) is 38.0 Å². The number of hydrogen-bond acceptors (Lipinski definition) is 4. The number of piperidine rings is 1. The van der Waals surface area contributed by atoms with Crippen LogP contribution in [0, 0.1) is 5.82 Å². The number of rotatable bonds is 4. The lowest BCUT2D eigenvalue weighted by Crippen LogP contribution is -2.44. The lowest BCUT2D eigenvalue weighted by molar-refractivity contribution is 0.289. The zero-order chi connectivity index (χ0) is 14.8. The summed E-state index contributed by atoms with van der Waals surface area (Å²) in [5.41, 5.74) is 0.510. The highest BCUT2D eigenvalue weighted by molar-refractivity contribution is 7.88. The van der Waals surface area contributed by atoms with E-state index in [1.165, 1.54) is 16.6 Å². The Morgan fingerprint density at radius 3 is 2.65 bits per heavy atom. The number of nitrogens with one attached hydrogen (secondary N) is 1. The number of phenols is 1. The molecule has 0 saturated carbocycles. The molecule has 2 N–H and O–H groups in total. The van der Waals surface area contributed by atoms with E-state index >= 15 is 0 Å². The molecule has 0 atom stereocenters. The fraction of sp³-hybridized carbons (Fsp3) is 0.538. The van der Waals surface area contributed by atoms with Crippen molar-refractivity contribution in [1.29, 1.82) is 0 Å². The van der Waals surface area contributed by atoms with Gasteiger partial charge in [0, 0.05) is 31.2 Å². The van der Waals surface area contributed by atoms with E-state index in [2.05, 4.69) is 5.32 Å². The van der Waals surface area contributed by atoms with E-state index < -0.39 is 15.8 Å². The lowest BCUT2D eigenvalue weighted by Gasteiger charge is -2.30. The SMILES string of the molecule is CS(=O)(=O)N1CCC(NCc2cccc(F)c2O)CC1. The van der Waals surface area contributed by atoms with Crippen LogP contribution < -0.4 is 5.32 Å². The van der Waals surface area contributed by atoms with Crippen molar-refractivity contribution in [1.82, 2.24) is 9.62 Å². The van der Waals surface area contributed by atoms with Crippen molar-refractivity contribution in [3.8, 4) is 5.75 Å². The first kappa shape index (κ1) is 15.2. The number of para-hydroxylation sites is 1. The molecule has 2 rings (SSSR count). The van der Waals surface area contributed by atoms with Gasteiger partial charge >= 0.3 is 0 Å². The number of benzene rings is 1. The Morgan fingerprint density at radius 1 is 1.40 bits per heavy atom. The zero-order valence-electron chi connectivity index (χ0n) is 11.3. The Balaban J connectivity index is 1.86. The highest BCUT2D eigenvalue weighted by Crippen LogP contribution is 2.21. The first-order valence-corrected chi connectivity index (χ1v) is 8.37. The third-order valence-electron chi connectivity index (χ3n) is 3.57.